The Hall–Kier alpha value is -1.92. The van der Waals surface area contributed by atoms with E-state index in [4.69, 9.17) is 0 Å². The van der Waals surface area contributed by atoms with E-state index >= 15 is 0 Å². The highest BCUT2D eigenvalue weighted by Gasteiger charge is 2.37. The van der Waals surface area contributed by atoms with Crippen molar-refractivity contribution < 1.29 is 13.6 Å². The molecule has 4 rings (SSSR count). The van der Waals surface area contributed by atoms with Crippen LogP contribution in [0, 0.1) is 11.6 Å². The van der Waals surface area contributed by atoms with Gasteiger partial charge < -0.3 is 5.32 Å². The minimum absolute atomic E-state index is 0.0130. The lowest BCUT2D eigenvalue weighted by molar-refractivity contribution is -0.121. The van der Waals surface area contributed by atoms with E-state index in [1.165, 1.54) is 11.6 Å². The number of amides is 1. The van der Waals surface area contributed by atoms with Crippen LogP contribution in [0.5, 0.6) is 0 Å². The van der Waals surface area contributed by atoms with Crippen LogP contribution in [0.1, 0.15) is 23.6 Å². The smallest absolute Gasteiger partial charge is 0.234 e. The third-order valence-electron chi connectivity index (χ3n) is 5.20. The van der Waals surface area contributed by atoms with Crippen LogP contribution in [0.3, 0.4) is 0 Å². The van der Waals surface area contributed by atoms with Crippen LogP contribution >= 0.6 is 11.8 Å². The van der Waals surface area contributed by atoms with Gasteiger partial charge in [0.25, 0.3) is 0 Å². The second-order valence-corrected chi connectivity index (χ2v) is 8.17. The molecule has 0 unspecified atom stereocenters. The average Bonchev–Trinajstić information content (AvgIpc) is 3.21. The fourth-order valence-electron chi connectivity index (χ4n) is 3.89. The van der Waals surface area contributed by atoms with Gasteiger partial charge in [-0.3, -0.25) is 9.69 Å². The lowest BCUT2D eigenvalue weighted by Crippen LogP contribution is -2.43. The van der Waals surface area contributed by atoms with Crippen molar-refractivity contribution in [2.75, 3.05) is 13.6 Å². The molecule has 2 aliphatic heterocycles. The summed E-state index contributed by atoms with van der Waals surface area (Å²) in [5.41, 5.74) is 1.90. The summed E-state index contributed by atoms with van der Waals surface area (Å²) >= 11 is 1.59. The molecule has 0 spiro atoms. The van der Waals surface area contributed by atoms with Gasteiger partial charge in [-0.05, 0) is 49.2 Å². The Balaban J connectivity index is 1.48. The molecule has 0 radical (unpaired) electrons. The Bertz CT molecular complexity index is 819. The summed E-state index contributed by atoms with van der Waals surface area (Å²) in [7, 11) is 1.94. The molecule has 1 fully saturated rings. The van der Waals surface area contributed by atoms with E-state index in [9.17, 15) is 13.6 Å². The lowest BCUT2D eigenvalue weighted by Gasteiger charge is -2.27. The Morgan fingerprint density at radius 3 is 2.77 bits per heavy atom. The summed E-state index contributed by atoms with van der Waals surface area (Å²) in [6.45, 7) is 0.798. The van der Waals surface area contributed by atoms with Crippen LogP contribution in [-0.2, 0) is 11.2 Å². The Labute approximate surface area is 155 Å². The molecule has 0 saturated carbocycles. The SMILES string of the molecule is CN1CC[C@H](NC(=O)[C@H]2Cc3ccccc3S2)[C@@H]1c1ccc(F)c(F)c1. The van der Waals surface area contributed by atoms with Gasteiger partial charge in [-0.2, -0.15) is 0 Å². The maximum atomic E-state index is 13.7. The van der Waals surface area contributed by atoms with Gasteiger partial charge in [0.05, 0.1) is 11.3 Å². The topological polar surface area (TPSA) is 32.3 Å². The van der Waals surface area contributed by atoms with Gasteiger partial charge in [-0.15, -0.1) is 11.8 Å². The number of carbonyl (C=O) groups excluding carboxylic acids is 1. The first-order chi connectivity index (χ1) is 12.5. The summed E-state index contributed by atoms with van der Waals surface area (Å²) in [5.74, 6) is -1.69. The van der Waals surface area contributed by atoms with E-state index in [-0.39, 0.29) is 23.2 Å². The minimum Gasteiger partial charge on any atom is -0.350 e. The van der Waals surface area contributed by atoms with E-state index < -0.39 is 11.6 Å². The number of carbonyl (C=O) groups is 1. The van der Waals surface area contributed by atoms with Crippen LogP contribution in [0.15, 0.2) is 47.4 Å². The van der Waals surface area contributed by atoms with Gasteiger partial charge in [0.1, 0.15) is 0 Å². The van der Waals surface area contributed by atoms with Crippen molar-refractivity contribution in [1.29, 1.82) is 0 Å². The van der Waals surface area contributed by atoms with Crippen LogP contribution in [0.25, 0.3) is 0 Å². The molecule has 136 valence electrons. The zero-order valence-corrected chi connectivity index (χ0v) is 15.2. The fourth-order valence-corrected chi connectivity index (χ4v) is 5.09. The monoisotopic (exact) mass is 374 g/mol. The van der Waals surface area contributed by atoms with Crippen molar-refractivity contribution in [2.45, 2.75) is 35.1 Å². The number of halogens is 2. The molecule has 0 bridgehead atoms. The largest absolute Gasteiger partial charge is 0.350 e. The van der Waals surface area contributed by atoms with E-state index in [1.54, 1.807) is 17.8 Å². The first-order valence-corrected chi connectivity index (χ1v) is 9.61. The van der Waals surface area contributed by atoms with Crippen LogP contribution in [0.4, 0.5) is 8.78 Å². The molecular weight excluding hydrogens is 354 g/mol. The molecule has 1 N–H and O–H groups in total. The first-order valence-electron chi connectivity index (χ1n) is 8.73. The van der Waals surface area contributed by atoms with Gasteiger partial charge >= 0.3 is 0 Å². The minimum atomic E-state index is -0.852. The summed E-state index contributed by atoms with van der Waals surface area (Å²) in [6.07, 6.45) is 1.52. The molecule has 2 heterocycles. The number of likely N-dealkylation sites (tertiary alicyclic amines) is 1. The number of nitrogens with zero attached hydrogens (tertiary/aromatic N) is 1. The van der Waals surface area contributed by atoms with Gasteiger partial charge in [0, 0.05) is 17.5 Å². The molecule has 2 aromatic rings. The molecule has 1 amide bonds. The predicted molar refractivity (Wildman–Crippen MR) is 98.1 cm³/mol. The quantitative estimate of drug-likeness (QED) is 0.892. The second-order valence-electron chi connectivity index (χ2n) is 6.92. The second kappa shape index (κ2) is 7.00. The standard InChI is InChI=1S/C20H20F2N2OS/c1-24-9-8-16(19(24)13-6-7-14(21)15(22)10-13)23-20(25)18-11-12-4-2-3-5-17(12)26-18/h2-7,10,16,18-19H,8-9,11H2,1H3,(H,23,25)/t16-,18+,19-/m0/s1. The molecule has 1 saturated heterocycles. The number of hydrogen-bond acceptors (Lipinski definition) is 3. The number of rotatable bonds is 3. The number of fused-ring (bicyclic) bond motifs is 1. The van der Waals surface area contributed by atoms with Crippen molar-refractivity contribution in [2.24, 2.45) is 0 Å². The number of nitrogens with one attached hydrogen (secondary N) is 1. The summed E-state index contributed by atoms with van der Waals surface area (Å²) in [5, 5.41) is 3.02. The lowest BCUT2D eigenvalue weighted by atomic mass is 9.99. The van der Waals surface area contributed by atoms with Crippen LogP contribution in [-0.4, -0.2) is 35.7 Å². The predicted octanol–water partition coefficient (Wildman–Crippen LogP) is 3.54. The van der Waals surface area contributed by atoms with Gasteiger partial charge in [-0.25, -0.2) is 8.78 Å². The zero-order chi connectivity index (χ0) is 18.3. The molecule has 2 aromatic carbocycles. The van der Waals surface area contributed by atoms with E-state index in [2.05, 4.69) is 16.3 Å². The zero-order valence-electron chi connectivity index (χ0n) is 14.4. The Morgan fingerprint density at radius 1 is 1.19 bits per heavy atom. The molecule has 0 aliphatic carbocycles. The normalized spacial score (nSPS) is 25.3. The van der Waals surface area contributed by atoms with Crippen molar-refractivity contribution in [3.8, 4) is 0 Å². The number of benzene rings is 2. The molecule has 26 heavy (non-hydrogen) atoms. The van der Waals surface area contributed by atoms with Gasteiger partial charge in [0.15, 0.2) is 11.6 Å². The molecule has 3 nitrogen and oxygen atoms in total. The molecule has 3 atom stereocenters. The van der Waals surface area contributed by atoms with Crippen molar-refractivity contribution >= 4 is 17.7 Å². The molecule has 2 aliphatic rings. The maximum Gasteiger partial charge on any atom is 0.234 e. The summed E-state index contributed by atoms with van der Waals surface area (Å²) in [6, 6.07) is 11.8. The highest BCUT2D eigenvalue weighted by Crippen LogP contribution is 2.38. The Kier molecular flexibility index (Phi) is 4.71. The number of hydrogen-bond donors (Lipinski definition) is 1. The first kappa shape index (κ1) is 17.5. The van der Waals surface area contributed by atoms with Crippen molar-refractivity contribution in [3.05, 3.63) is 65.2 Å². The molecule has 6 heteroatoms. The maximum absolute atomic E-state index is 13.7. The summed E-state index contributed by atoms with van der Waals surface area (Å²) < 4.78 is 26.9. The van der Waals surface area contributed by atoms with E-state index in [0.29, 0.717) is 5.56 Å². The Morgan fingerprint density at radius 2 is 2.00 bits per heavy atom. The third kappa shape index (κ3) is 3.23. The van der Waals surface area contributed by atoms with E-state index in [0.717, 1.165) is 30.3 Å². The van der Waals surface area contributed by atoms with E-state index in [1.807, 2.05) is 25.2 Å². The van der Waals surface area contributed by atoms with Crippen LogP contribution < -0.4 is 5.32 Å². The van der Waals surface area contributed by atoms with Gasteiger partial charge in [-0.1, -0.05) is 24.3 Å². The third-order valence-corrected chi connectivity index (χ3v) is 6.52. The number of likely N-dealkylation sites (N-methyl/N-ethyl adjacent to an activating group) is 1. The van der Waals surface area contributed by atoms with Crippen molar-refractivity contribution in [1.82, 2.24) is 10.2 Å². The van der Waals surface area contributed by atoms with Crippen LogP contribution in [0.2, 0.25) is 0 Å². The average molecular weight is 374 g/mol. The number of thioether (sulfide) groups is 1. The fraction of sp³-hybridized carbons (Fsp3) is 0.350. The van der Waals surface area contributed by atoms with Gasteiger partial charge in [0.2, 0.25) is 5.91 Å². The highest BCUT2D eigenvalue weighted by atomic mass is 32.2. The molecule has 0 aromatic heterocycles. The van der Waals surface area contributed by atoms with Crippen molar-refractivity contribution in [3.63, 3.8) is 0 Å². The highest BCUT2D eigenvalue weighted by molar-refractivity contribution is 8.01. The summed E-state index contributed by atoms with van der Waals surface area (Å²) in [4.78, 5) is 16.0. The molecular formula is C20H20F2N2OS.